The molecule has 0 radical (unpaired) electrons. The van der Waals surface area contributed by atoms with Crippen molar-refractivity contribution < 1.29 is 4.74 Å². The zero-order chi connectivity index (χ0) is 27.7. The van der Waals surface area contributed by atoms with Gasteiger partial charge in [-0.25, -0.2) is 4.98 Å². The lowest BCUT2D eigenvalue weighted by Gasteiger charge is -2.38. The Morgan fingerprint density at radius 2 is 1.75 bits per heavy atom. The molecule has 1 saturated heterocycles. The van der Waals surface area contributed by atoms with Crippen LogP contribution in [0.15, 0.2) is 78.9 Å². The molecule has 1 aromatic heterocycles. The Kier molecular flexibility index (Phi) is 7.37. The summed E-state index contributed by atoms with van der Waals surface area (Å²) in [5.74, 6) is 0.804. The van der Waals surface area contributed by atoms with Crippen molar-refractivity contribution in [3.63, 3.8) is 0 Å². The maximum absolute atomic E-state index is 6.59. The molecule has 2 fully saturated rings. The quantitative estimate of drug-likeness (QED) is 0.336. The van der Waals surface area contributed by atoms with Gasteiger partial charge in [-0.3, -0.25) is 4.57 Å². The van der Waals surface area contributed by atoms with Crippen LogP contribution in [0.3, 0.4) is 0 Å². The van der Waals surface area contributed by atoms with Crippen molar-refractivity contribution in [3.05, 3.63) is 106 Å². The van der Waals surface area contributed by atoms with Crippen LogP contribution in [0, 0.1) is 0 Å². The molecule has 0 spiro atoms. The third kappa shape index (κ3) is 5.25. The largest absolute Gasteiger partial charge is 0.378 e. The van der Waals surface area contributed by atoms with Gasteiger partial charge in [-0.2, -0.15) is 0 Å². The number of aromatic nitrogens is 2. The third-order valence-corrected chi connectivity index (χ3v) is 8.44. The number of hydrogen-bond acceptors (Lipinski definition) is 4. The summed E-state index contributed by atoms with van der Waals surface area (Å²) in [5, 5.41) is 2.31. The maximum Gasteiger partial charge on any atom is 0.145 e. The summed E-state index contributed by atoms with van der Waals surface area (Å²) < 4.78 is 7.63. The van der Waals surface area contributed by atoms with Gasteiger partial charge in [0, 0.05) is 40.6 Å². The van der Waals surface area contributed by atoms with Crippen molar-refractivity contribution >= 4 is 35.5 Å². The number of allylic oxidation sites excluding steroid dienone is 2. The second kappa shape index (κ2) is 11.1. The second-order valence-corrected chi connectivity index (χ2v) is 11.3. The first-order chi connectivity index (χ1) is 19.4. The van der Waals surface area contributed by atoms with E-state index >= 15 is 0 Å². The Balaban J connectivity index is 1.39. The van der Waals surface area contributed by atoms with Crippen molar-refractivity contribution in [2.24, 2.45) is 5.73 Å². The fourth-order valence-electron chi connectivity index (χ4n) is 5.56. The highest BCUT2D eigenvalue weighted by Gasteiger charge is 2.34. The average Bonchev–Trinajstić information content (AvgIpc) is 3.31. The summed E-state index contributed by atoms with van der Waals surface area (Å²) in [6.45, 7) is 9.96. The zero-order valence-electron chi connectivity index (χ0n) is 22.9. The summed E-state index contributed by atoms with van der Waals surface area (Å²) in [6, 6.07) is 25.0. The fourth-order valence-corrected chi connectivity index (χ4v) is 5.75. The summed E-state index contributed by atoms with van der Waals surface area (Å²) in [4.78, 5) is 7.42. The highest BCUT2D eigenvalue weighted by atomic mass is 35.5. The molecule has 0 bridgehead atoms. The average molecular weight is 551 g/mol. The zero-order valence-corrected chi connectivity index (χ0v) is 23.7. The SMILES string of the molecule is C=c1/c(=C\C=C(/C)c2cccc(N3CCOCC3)c2)nc(-c2cccc(Cl)c2)n1-c1ccc(C2(N)CCC2)cc1. The predicted octanol–water partition coefficient (Wildman–Crippen LogP) is 5.66. The van der Waals surface area contributed by atoms with E-state index in [1.54, 1.807) is 0 Å². The Hall–Kier alpha value is -3.64. The molecule has 6 rings (SSSR count). The standard InChI is InChI=1S/C34H35ClN4O/c1-24(26-6-4-9-31(23-26)38-18-20-40-21-19-38)10-15-32-25(2)39(33(37-32)27-7-3-8-29(35)22-27)30-13-11-28(12-14-30)34(36)16-5-17-34/h3-4,6-15,22-23H,2,5,16-21,36H2,1H3/b24-10+,32-15+. The van der Waals surface area contributed by atoms with E-state index in [-0.39, 0.29) is 5.54 Å². The molecule has 5 nitrogen and oxygen atoms in total. The molecule has 2 aliphatic rings. The first-order valence-corrected chi connectivity index (χ1v) is 14.3. The summed E-state index contributed by atoms with van der Waals surface area (Å²) in [6.07, 6.45) is 7.43. The van der Waals surface area contributed by atoms with Gasteiger partial charge < -0.3 is 15.4 Å². The van der Waals surface area contributed by atoms with Crippen molar-refractivity contribution in [2.75, 3.05) is 31.2 Å². The Morgan fingerprint density at radius 1 is 1.00 bits per heavy atom. The number of anilines is 1. The number of imidazole rings is 1. The van der Waals surface area contributed by atoms with E-state index in [1.165, 1.54) is 23.2 Å². The summed E-state index contributed by atoms with van der Waals surface area (Å²) >= 11 is 6.38. The molecular weight excluding hydrogens is 516 g/mol. The minimum absolute atomic E-state index is 0.198. The Morgan fingerprint density at radius 3 is 2.45 bits per heavy atom. The van der Waals surface area contributed by atoms with Gasteiger partial charge in [0.15, 0.2) is 0 Å². The van der Waals surface area contributed by atoms with Gasteiger partial charge in [-0.05, 0) is 85.4 Å². The minimum atomic E-state index is -0.198. The molecule has 1 aliphatic carbocycles. The molecule has 0 amide bonds. The molecule has 0 atom stereocenters. The van der Waals surface area contributed by atoms with Gasteiger partial charge in [-0.15, -0.1) is 0 Å². The smallest absolute Gasteiger partial charge is 0.145 e. The third-order valence-electron chi connectivity index (χ3n) is 8.20. The van der Waals surface area contributed by atoms with Gasteiger partial charge in [0.2, 0.25) is 0 Å². The van der Waals surface area contributed by atoms with E-state index in [0.717, 1.165) is 72.5 Å². The van der Waals surface area contributed by atoms with Crippen LogP contribution < -0.4 is 21.3 Å². The molecule has 204 valence electrons. The van der Waals surface area contributed by atoms with Crippen LogP contribution in [0.5, 0.6) is 0 Å². The highest BCUT2D eigenvalue weighted by Crippen LogP contribution is 2.38. The van der Waals surface area contributed by atoms with Crippen LogP contribution in [0.25, 0.3) is 35.3 Å². The first kappa shape index (κ1) is 26.6. The van der Waals surface area contributed by atoms with Crippen molar-refractivity contribution in [2.45, 2.75) is 31.7 Å². The molecule has 3 aromatic carbocycles. The number of nitrogens with zero attached hydrogens (tertiary/aromatic N) is 3. The van der Waals surface area contributed by atoms with E-state index in [2.05, 4.69) is 83.7 Å². The molecule has 6 heteroatoms. The molecule has 40 heavy (non-hydrogen) atoms. The molecule has 2 N–H and O–H groups in total. The van der Waals surface area contributed by atoms with E-state index in [1.807, 2.05) is 24.3 Å². The lowest BCUT2D eigenvalue weighted by Crippen LogP contribution is -2.43. The van der Waals surface area contributed by atoms with E-state index < -0.39 is 0 Å². The second-order valence-electron chi connectivity index (χ2n) is 10.8. The number of morpholine rings is 1. The predicted molar refractivity (Wildman–Crippen MR) is 166 cm³/mol. The van der Waals surface area contributed by atoms with Crippen LogP contribution in [-0.2, 0) is 10.3 Å². The van der Waals surface area contributed by atoms with Gasteiger partial charge in [0.05, 0.1) is 23.9 Å². The molecule has 1 aliphatic heterocycles. The van der Waals surface area contributed by atoms with Crippen LogP contribution in [0.2, 0.25) is 5.02 Å². The monoisotopic (exact) mass is 550 g/mol. The highest BCUT2D eigenvalue weighted by molar-refractivity contribution is 6.30. The van der Waals surface area contributed by atoms with E-state index in [4.69, 9.17) is 27.1 Å². The van der Waals surface area contributed by atoms with Crippen molar-refractivity contribution in [1.82, 2.24) is 9.55 Å². The molecule has 2 heterocycles. The lowest BCUT2D eigenvalue weighted by molar-refractivity contribution is 0.122. The molecule has 1 saturated carbocycles. The number of rotatable bonds is 6. The number of hydrogen-bond donors (Lipinski definition) is 1. The minimum Gasteiger partial charge on any atom is -0.378 e. The molecule has 0 unspecified atom stereocenters. The number of nitrogens with two attached hydrogens (primary N) is 1. The van der Waals surface area contributed by atoms with E-state index in [9.17, 15) is 0 Å². The van der Waals surface area contributed by atoms with E-state index in [0.29, 0.717) is 5.02 Å². The van der Waals surface area contributed by atoms with Crippen molar-refractivity contribution in [3.8, 4) is 17.1 Å². The molecule has 4 aromatic rings. The normalized spacial score (nSPS) is 17.6. The van der Waals surface area contributed by atoms with Gasteiger partial charge in [0.1, 0.15) is 5.82 Å². The Bertz CT molecular complexity index is 1660. The van der Waals surface area contributed by atoms with Gasteiger partial charge in [0.25, 0.3) is 0 Å². The summed E-state index contributed by atoms with van der Waals surface area (Å²) in [7, 11) is 0. The van der Waals surface area contributed by atoms with Crippen LogP contribution in [0.4, 0.5) is 5.69 Å². The van der Waals surface area contributed by atoms with Crippen LogP contribution in [0.1, 0.15) is 37.3 Å². The van der Waals surface area contributed by atoms with Crippen LogP contribution >= 0.6 is 11.6 Å². The number of halogens is 1. The summed E-state index contributed by atoms with van der Waals surface area (Å²) in [5.41, 5.74) is 13.1. The van der Waals surface area contributed by atoms with Crippen LogP contribution in [-0.4, -0.2) is 35.9 Å². The van der Waals surface area contributed by atoms with Crippen molar-refractivity contribution in [1.29, 1.82) is 0 Å². The molecular formula is C34H35ClN4O. The number of ether oxygens (including phenoxy) is 1. The fraction of sp³-hybridized carbons (Fsp3) is 0.265. The maximum atomic E-state index is 6.59. The Labute approximate surface area is 240 Å². The van der Waals surface area contributed by atoms with Gasteiger partial charge >= 0.3 is 0 Å². The topological polar surface area (TPSA) is 56.3 Å². The first-order valence-electron chi connectivity index (χ1n) is 14.0. The lowest BCUT2D eigenvalue weighted by atomic mass is 9.73. The van der Waals surface area contributed by atoms with Gasteiger partial charge in [-0.1, -0.05) is 60.7 Å². The number of benzene rings is 3.